The Morgan fingerprint density at radius 3 is 2.47 bits per heavy atom. The third-order valence-corrected chi connectivity index (χ3v) is 6.06. The molecule has 4 rings (SSSR count). The molecule has 1 unspecified atom stereocenters. The summed E-state index contributed by atoms with van der Waals surface area (Å²) in [5.41, 5.74) is 0.394. The van der Waals surface area contributed by atoms with E-state index in [1.807, 2.05) is 6.08 Å². The Morgan fingerprint density at radius 1 is 1.00 bits per heavy atom. The summed E-state index contributed by atoms with van der Waals surface area (Å²) >= 11 is 0. The number of halogens is 3. The lowest BCUT2D eigenvalue weighted by Crippen LogP contribution is -2.30. The maximum atomic E-state index is 13.1. The minimum Gasteiger partial charge on any atom is -0.508 e. The highest BCUT2D eigenvalue weighted by Gasteiger charge is 2.35. The van der Waals surface area contributed by atoms with Gasteiger partial charge in [0.25, 0.3) is 0 Å². The molecule has 9 heteroatoms. The number of aliphatic carboxylic acids is 1. The first kappa shape index (κ1) is 27.2. The van der Waals surface area contributed by atoms with E-state index in [1.165, 1.54) is 12.1 Å². The third kappa shape index (κ3) is 7.14. The summed E-state index contributed by atoms with van der Waals surface area (Å²) in [6.07, 6.45) is -1.13. The second kappa shape index (κ2) is 12.1. The number of hydrogen-bond acceptors (Lipinski definition) is 5. The van der Waals surface area contributed by atoms with Gasteiger partial charge in [0.1, 0.15) is 17.2 Å². The van der Waals surface area contributed by atoms with Gasteiger partial charge in [0.05, 0.1) is 18.3 Å². The van der Waals surface area contributed by atoms with Gasteiger partial charge in [0.2, 0.25) is 0 Å². The first-order valence-electron chi connectivity index (χ1n) is 12.1. The van der Waals surface area contributed by atoms with Crippen molar-refractivity contribution >= 4 is 5.97 Å². The zero-order valence-electron chi connectivity index (χ0n) is 20.3. The number of hydrogen-bond donors (Lipinski definition) is 2. The maximum Gasteiger partial charge on any atom is 0.416 e. The first-order chi connectivity index (χ1) is 18.2. The Labute approximate surface area is 217 Å². The Kier molecular flexibility index (Phi) is 8.70. The number of carboxylic acid groups (broad SMARTS) is 1. The van der Waals surface area contributed by atoms with E-state index in [0.29, 0.717) is 36.3 Å². The maximum absolute atomic E-state index is 13.1. The van der Waals surface area contributed by atoms with Crippen LogP contribution in [0.3, 0.4) is 0 Å². The SMILES string of the molecule is O=C(O)CC/C=C\CC1CO[C@H](c2cccc(Oc3cccc(C(F)(F)F)c3)c2)O[C@@H]1c1ccccc1O. The lowest BCUT2D eigenvalue weighted by atomic mass is 9.91. The van der Waals surface area contributed by atoms with Crippen LogP contribution in [0.4, 0.5) is 13.2 Å². The van der Waals surface area contributed by atoms with Crippen molar-refractivity contribution in [1.29, 1.82) is 0 Å². The number of phenols is 1. The Balaban J connectivity index is 1.51. The fourth-order valence-electron chi connectivity index (χ4n) is 4.20. The van der Waals surface area contributed by atoms with Crippen molar-refractivity contribution in [1.82, 2.24) is 0 Å². The number of carbonyl (C=O) groups is 1. The van der Waals surface area contributed by atoms with Crippen LogP contribution in [-0.2, 0) is 20.4 Å². The van der Waals surface area contributed by atoms with Gasteiger partial charge < -0.3 is 24.4 Å². The summed E-state index contributed by atoms with van der Waals surface area (Å²) < 4.78 is 57.2. The molecule has 0 bridgehead atoms. The molecule has 1 saturated heterocycles. The molecular weight excluding hydrogens is 501 g/mol. The monoisotopic (exact) mass is 528 g/mol. The standard InChI is InChI=1S/C29H27F3O6/c30-29(31,32)21-10-7-12-23(17-21)37-22-11-6-9-19(16-22)28-36-18-20(8-2-1-3-15-26(34)35)27(38-28)24-13-4-5-14-25(24)33/h1-2,4-7,9-14,16-17,20,27-28,33H,3,8,15,18H2,(H,34,35)/b2-1-/t20?,27-,28-/m0/s1. The quantitative estimate of drug-likeness (QED) is 0.281. The Hall–Kier alpha value is -3.82. The molecule has 2 N–H and O–H groups in total. The second-order valence-electron chi connectivity index (χ2n) is 8.88. The van der Waals surface area contributed by atoms with Crippen LogP contribution in [-0.4, -0.2) is 22.8 Å². The smallest absolute Gasteiger partial charge is 0.416 e. The number of rotatable bonds is 9. The summed E-state index contributed by atoms with van der Waals surface area (Å²) in [6, 6.07) is 18.2. The van der Waals surface area contributed by atoms with E-state index in [4.69, 9.17) is 19.3 Å². The van der Waals surface area contributed by atoms with Crippen LogP contribution in [0.15, 0.2) is 84.9 Å². The molecule has 1 heterocycles. The second-order valence-corrected chi connectivity index (χ2v) is 8.88. The number of carboxylic acids is 1. The molecule has 3 atom stereocenters. The number of para-hydroxylation sites is 1. The fourth-order valence-corrected chi connectivity index (χ4v) is 4.20. The molecule has 1 aliphatic heterocycles. The number of allylic oxidation sites excluding steroid dienone is 2. The van der Waals surface area contributed by atoms with Gasteiger partial charge in [-0.3, -0.25) is 4.79 Å². The third-order valence-electron chi connectivity index (χ3n) is 6.06. The number of aromatic hydroxyl groups is 1. The van der Waals surface area contributed by atoms with E-state index in [0.717, 1.165) is 12.1 Å². The van der Waals surface area contributed by atoms with Crippen LogP contribution in [0.25, 0.3) is 0 Å². The van der Waals surface area contributed by atoms with Crippen molar-refractivity contribution in [3.05, 3.63) is 102 Å². The first-order valence-corrected chi connectivity index (χ1v) is 12.1. The van der Waals surface area contributed by atoms with Gasteiger partial charge in [0.15, 0.2) is 6.29 Å². The van der Waals surface area contributed by atoms with Gasteiger partial charge in [-0.1, -0.05) is 48.6 Å². The molecule has 200 valence electrons. The normalized spacial score (nSPS) is 19.9. The summed E-state index contributed by atoms with van der Waals surface area (Å²) in [5.74, 6) is -0.570. The fraction of sp³-hybridized carbons (Fsp3) is 0.276. The lowest BCUT2D eigenvalue weighted by molar-refractivity contribution is -0.244. The van der Waals surface area contributed by atoms with Gasteiger partial charge in [0, 0.05) is 23.5 Å². The van der Waals surface area contributed by atoms with Crippen molar-refractivity contribution in [2.45, 2.75) is 37.8 Å². The molecule has 3 aromatic rings. The average molecular weight is 529 g/mol. The predicted molar refractivity (Wildman–Crippen MR) is 133 cm³/mol. The summed E-state index contributed by atoms with van der Waals surface area (Å²) in [4.78, 5) is 10.7. The highest BCUT2D eigenvalue weighted by atomic mass is 19.4. The van der Waals surface area contributed by atoms with Crippen molar-refractivity contribution in [3.8, 4) is 17.2 Å². The minimum atomic E-state index is -4.48. The van der Waals surface area contributed by atoms with E-state index in [1.54, 1.807) is 54.6 Å². The van der Waals surface area contributed by atoms with Gasteiger partial charge in [-0.05, 0) is 49.2 Å². The van der Waals surface area contributed by atoms with Crippen molar-refractivity contribution < 1.29 is 42.4 Å². The van der Waals surface area contributed by atoms with E-state index >= 15 is 0 Å². The molecule has 0 aliphatic carbocycles. The molecular formula is C29H27F3O6. The number of alkyl halides is 3. The van der Waals surface area contributed by atoms with E-state index in [2.05, 4.69) is 0 Å². The van der Waals surface area contributed by atoms with Gasteiger partial charge in [-0.15, -0.1) is 0 Å². The molecule has 6 nitrogen and oxygen atoms in total. The van der Waals surface area contributed by atoms with Crippen LogP contribution < -0.4 is 4.74 Å². The van der Waals surface area contributed by atoms with Crippen molar-refractivity contribution in [2.24, 2.45) is 5.92 Å². The van der Waals surface area contributed by atoms with Gasteiger partial charge in [-0.2, -0.15) is 13.2 Å². The lowest BCUT2D eigenvalue weighted by Gasteiger charge is -2.37. The summed E-state index contributed by atoms with van der Waals surface area (Å²) in [7, 11) is 0. The zero-order chi connectivity index (χ0) is 27.1. The molecule has 0 radical (unpaired) electrons. The van der Waals surface area contributed by atoms with Crippen molar-refractivity contribution in [3.63, 3.8) is 0 Å². The van der Waals surface area contributed by atoms with Crippen LogP contribution in [0, 0.1) is 5.92 Å². The Morgan fingerprint density at radius 2 is 1.74 bits per heavy atom. The summed E-state index contributed by atoms with van der Waals surface area (Å²) in [6.45, 7) is 0.297. The molecule has 3 aromatic carbocycles. The molecule has 0 spiro atoms. The van der Waals surface area contributed by atoms with Crippen LogP contribution in [0.5, 0.6) is 17.2 Å². The molecule has 1 fully saturated rings. The van der Waals surface area contributed by atoms with E-state index in [-0.39, 0.29) is 23.8 Å². The van der Waals surface area contributed by atoms with E-state index < -0.39 is 30.1 Å². The topological polar surface area (TPSA) is 85.2 Å². The average Bonchev–Trinajstić information content (AvgIpc) is 2.89. The van der Waals surface area contributed by atoms with Gasteiger partial charge >= 0.3 is 12.1 Å². The van der Waals surface area contributed by atoms with Gasteiger partial charge in [-0.25, -0.2) is 0 Å². The molecule has 0 aromatic heterocycles. The number of ether oxygens (including phenoxy) is 3. The highest BCUT2D eigenvalue weighted by molar-refractivity contribution is 5.66. The summed E-state index contributed by atoms with van der Waals surface area (Å²) in [5, 5.41) is 19.3. The number of phenolic OH excluding ortho intramolecular Hbond substituents is 1. The largest absolute Gasteiger partial charge is 0.508 e. The van der Waals surface area contributed by atoms with E-state index in [9.17, 15) is 23.1 Å². The molecule has 38 heavy (non-hydrogen) atoms. The molecule has 0 amide bonds. The minimum absolute atomic E-state index is 0.0397. The predicted octanol–water partition coefficient (Wildman–Crippen LogP) is 7.42. The molecule has 0 saturated carbocycles. The Bertz CT molecular complexity index is 1270. The van der Waals surface area contributed by atoms with Crippen LogP contribution in [0.1, 0.15) is 48.3 Å². The van der Waals surface area contributed by atoms with Crippen LogP contribution >= 0.6 is 0 Å². The number of benzene rings is 3. The molecule has 1 aliphatic rings. The highest BCUT2D eigenvalue weighted by Crippen LogP contribution is 2.43. The van der Waals surface area contributed by atoms with Crippen molar-refractivity contribution in [2.75, 3.05) is 6.61 Å². The zero-order valence-corrected chi connectivity index (χ0v) is 20.3. The van der Waals surface area contributed by atoms with Crippen LogP contribution in [0.2, 0.25) is 0 Å².